The Kier molecular flexibility index (Phi) is 3.89. The van der Waals surface area contributed by atoms with Gasteiger partial charge in [0, 0.05) is 36.8 Å². The molecule has 3 N–H and O–H groups in total. The predicted molar refractivity (Wildman–Crippen MR) is 71.9 cm³/mol. The molecule has 0 aliphatic rings. The quantitative estimate of drug-likeness (QED) is 0.838. The molecular weight excluding hydrogens is 226 g/mol. The van der Waals surface area contributed by atoms with Crippen LogP contribution in [0.4, 0.5) is 0 Å². The first-order chi connectivity index (χ1) is 8.66. The molecule has 1 amide bonds. The van der Waals surface area contributed by atoms with Crippen LogP contribution in [0.15, 0.2) is 36.7 Å². The number of nitrogens with one attached hydrogen (secondary N) is 1. The molecule has 4 heteroatoms. The molecule has 0 bridgehead atoms. The molecule has 0 saturated heterocycles. The number of hydrogen-bond acceptors (Lipinski definition) is 3. The summed E-state index contributed by atoms with van der Waals surface area (Å²) >= 11 is 0. The summed E-state index contributed by atoms with van der Waals surface area (Å²) in [4.78, 5) is 14.9. The van der Waals surface area contributed by atoms with Crippen LogP contribution in [-0.2, 0) is 11.3 Å². The number of rotatable bonds is 5. The van der Waals surface area contributed by atoms with Gasteiger partial charge in [-0.25, -0.2) is 0 Å². The van der Waals surface area contributed by atoms with Gasteiger partial charge in [0.05, 0.1) is 0 Å². The van der Waals surface area contributed by atoms with E-state index < -0.39 is 0 Å². The molecule has 4 nitrogen and oxygen atoms in total. The lowest BCUT2D eigenvalue weighted by molar-refractivity contribution is -0.118. The summed E-state index contributed by atoms with van der Waals surface area (Å²) < 4.78 is 0. The van der Waals surface area contributed by atoms with Crippen LogP contribution in [-0.4, -0.2) is 16.9 Å². The van der Waals surface area contributed by atoms with Crippen LogP contribution in [0.25, 0.3) is 10.8 Å². The highest BCUT2D eigenvalue weighted by Crippen LogP contribution is 2.17. The summed E-state index contributed by atoms with van der Waals surface area (Å²) in [5.41, 5.74) is 6.37. The number of fused-ring (bicyclic) bond motifs is 1. The first kappa shape index (κ1) is 12.5. The number of amides is 1. The maximum atomic E-state index is 10.8. The summed E-state index contributed by atoms with van der Waals surface area (Å²) in [6.45, 7) is 2.67. The molecule has 2 rings (SSSR count). The summed E-state index contributed by atoms with van der Waals surface area (Å²) in [6, 6.07) is 8.22. The number of hydrogen-bond donors (Lipinski definition) is 2. The Labute approximate surface area is 106 Å². The highest BCUT2D eigenvalue weighted by molar-refractivity contribution is 5.84. The number of carbonyl (C=O) groups is 1. The number of nitrogens with two attached hydrogens (primary N) is 1. The molecule has 1 aromatic heterocycles. The third-order valence-electron chi connectivity index (χ3n) is 2.92. The molecule has 0 fully saturated rings. The van der Waals surface area contributed by atoms with Crippen LogP contribution < -0.4 is 11.1 Å². The van der Waals surface area contributed by atoms with Gasteiger partial charge in [0.2, 0.25) is 5.91 Å². The Bertz CT molecular complexity index is 548. The number of benzene rings is 1. The number of primary amides is 1. The molecule has 1 atom stereocenters. The van der Waals surface area contributed by atoms with Crippen molar-refractivity contribution in [2.75, 3.05) is 0 Å². The standard InChI is InChI=1S/C14H17N3O/c1-10(7-14(15)18)17-9-12-4-2-3-11-8-16-6-5-13(11)12/h2-6,8,10,17H,7,9H2,1H3,(H2,15,18). The van der Waals surface area contributed by atoms with Gasteiger partial charge in [0.25, 0.3) is 0 Å². The van der Waals surface area contributed by atoms with Crippen LogP contribution in [0.3, 0.4) is 0 Å². The minimum atomic E-state index is -0.280. The third kappa shape index (κ3) is 3.05. The van der Waals surface area contributed by atoms with Gasteiger partial charge in [-0.3, -0.25) is 9.78 Å². The third-order valence-corrected chi connectivity index (χ3v) is 2.92. The van der Waals surface area contributed by atoms with E-state index in [1.165, 1.54) is 10.9 Å². The normalized spacial score (nSPS) is 12.5. The average Bonchev–Trinajstić information content (AvgIpc) is 2.35. The maximum absolute atomic E-state index is 10.8. The van der Waals surface area contributed by atoms with Crippen molar-refractivity contribution in [2.45, 2.75) is 25.9 Å². The van der Waals surface area contributed by atoms with E-state index in [-0.39, 0.29) is 11.9 Å². The van der Waals surface area contributed by atoms with Crippen molar-refractivity contribution >= 4 is 16.7 Å². The monoisotopic (exact) mass is 243 g/mol. The van der Waals surface area contributed by atoms with Gasteiger partial charge in [0.1, 0.15) is 0 Å². The largest absolute Gasteiger partial charge is 0.370 e. The van der Waals surface area contributed by atoms with Gasteiger partial charge < -0.3 is 11.1 Å². The highest BCUT2D eigenvalue weighted by Gasteiger charge is 2.06. The average molecular weight is 243 g/mol. The molecule has 18 heavy (non-hydrogen) atoms. The van der Waals surface area contributed by atoms with E-state index in [0.29, 0.717) is 6.42 Å². The summed E-state index contributed by atoms with van der Waals surface area (Å²) in [5.74, 6) is -0.280. The van der Waals surface area contributed by atoms with E-state index in [9.17, 15) is 4.79 Å². The Balaban J connectivity index is 2.10. The van der Waals surface area contributed by atoms with E-state index in [0.717, 1.165) is 11.9 Å². The number of carbonyl (C=O) groups excluding carboxylic acids is 1. The summed E-state index contributed by atoms with van der Waals surface area (Å²) in [6.07, 6.45) is 4.00. The zero-order valence-electron chi connectivity index (χ0n) is 10.4. The predicted octanol–water partition coefficient (Wildman–Crippen LogP) is 1.59. The fraction of sp³-hybridized carbons (Fsp3) is 0.286. The zero-order valence-corrected chi connectivity index (χ0v) is 10.4. The van der Waals surface area contributed by atoms with E-state index >= 15 is 0 Å². The van der Waals surface area contributed by atoms with Crippen molar-refractivity contribution < 1.29 is 4.79 Å². The van der Waals surface area contributed by atoms with E-state index in [1.54, 1.807) is 6.20 Å². The van der Waals surface area contributed by atoms with Crippen molar-refractivity contribution in [3.63, 3.8) is 0 Å². The Hall–Kier alpha value is -1.94. The van der Waals surface area contributed by atoms with Gasteiger partial charge in [0.15, 0.2) is 0 Å². The Morgan fingerprint density at radius 1 is 1.44 bits per heavy atom. The maximum Gasteiger partial charge on any atom is 0.218 e. The lowest BCUT2D eigenvalue weighted by Crippen LogP contribution is -2.30. The molecule has 1 aromatic carbocycles. The van der Waals surface area contributed by atoms with Crippen LogP contribution in [0.2, 0.25) is 0 Å². The van der Waals surface area contributed by atoms with Crippen LogP contribution >= 0.6 is 0 Å². The number of nitrogens with zero attached hydrogens (tertiary/aromatic N) is 1. The molecule has 1 heterocycles. The SMILES string of the molecule is CC(CC(N)=O)NCc1cccc2cnccc12. The van der Waals surface area contributed by atoms with Gasteiger partial charge in [-0.15, -0.1) is 0 Å². The highest BCUT2D eigenvalue weighted by atomic mass is 16.1. The molecule has 2 aromatic rings. The Morgan fingerprint density at radius 2 is 2.28 bits per heavy atom. The van der Waals surface area contributed by atoms with Crippen molar-refractivity contribution in [3.05, 3.63) is 42.2 Å². The molecular formula is C14H17N3O. The number of pyridine rings is 1. The van der Waals surface area contributed by atoms with Gasteiger partial charge in [-0.2, -0.15) is 0 Å². The number of aromatic nitrogens is 1. The second-order valence-corrected chi connectivity index (χ2v) is 4.47. The van der Waals surface area contributed by atoms with Gasteiger partial charge >= 0.3 is 0 Å². The molecule has 94 valence electrons. The lowest BCUT2D eigenvalue weighted by atomic mass is 10.1. The summed E-state index contributed by atoms with van der Waals surface area (Å²) in [7, 11) is 0. The van der Waals surface area contributed by atoms with Crippen LogP contribution in [0.1, 0.15) is 18.9 Å². The van der Waals surface area contributed by atoms with Gasteiger partial charge in [-0.05, 0) is 23.9 Å². The summed E-state index contributed by atoms with van der Waals surface area (Å²) in [5, 5.41) is 5.61. The fourth-order valence-corrected chi connectivity index (χ4v) is 2.00. The van der Waals surface area contributed by atoms with Crippen LogP contribution in [0, 0.1) is 0 Å². The minimum Gasteiger partial charge on any atom is -0.370 e. The first-order valence-electron chi connectivity index (χ1n) is 6.00. The first-order valence-corrected chi connectivity index (χ1v) is 6.00. The molecule has 0 radical (unpaired) electrons. The van der Waals surface area contributed by atoms with Crippen LogP contribution in [0.5, 0.6) is 0 Å². The smallest absolute Gasteiger partial charge is 0.218 e. The molecule has 0 saturated carbocycles. The van der Waals surface area contributed by atoms with E-state index in [4.69, 9.17) is 5.73 Å². The zero-order chi connectivity index (χ0) is 13.0. The van der Waals surface area contributed by atoms with Crippen molar-refractivity contribution in [2.24, 2.45) is 5.73 Å². The molecule has 0 aliphatic carbocycles. The van der Waals surface area contributed by atoms with Gasteiger partial charge in [-0.1, -0.05) is 18.2 Å². The second-order valence-electron chi connectivity index (χ2n) is 4.47. The molecule has 1 unspecified atom stereocenters. The second kappa shape index (κ2) is 5.60. The van der Waals surface area contributed by atoms with Crippen molar-refractivity contribution in [1.82, 2.24) is 10.3 Å². The van der Waals surface area contributed by atoms with E-state index in [1.807, 2.05) is 31.3 Å². The molecule has 0 aliphatic heterocycles. The minimum absolute atomic E-state index is 0.0830. The topological polar surface area (TPSA) is 68.0 Å². The van der Waals surface area contributed by atoms with Crippen molar-refractivity contribution in [3.8, 4) is 0 Å². The van der Waals surface area contributed by atoms with E-state index in [2.05, 4.69) is 16.4 Å². The van der Waals surface area contributed by atoms with Crippen molar-refractivity contribution in [1.29, 1.82) is 0 Å². The molecule has 0 spiro atoms. The fourth-order valence-electron chi connectivity index (χ4n) is 2.00. The Morgan fingerprint density at radius 3 is 3.06 bits per heavy atom. The lowest BCUT2D eigenvalue weighted by Gasteiger charge is -2.13.